The van der Waals surface area contributed by atoms with Crippen LogP contribution in [0.2, 0.25) is 0 Å². The Morgan fingerprint density at radius 1 is 1.06 bits per heavy atom. The Kier molecular flexibility index (Phi) is 7.53. The minimum Gasteiger partial charge on any atom is -0.492 e. The average molecular weight is 439 g/mol. The van der Waals surface area contributed by atoms with Gasteiger partial charge in [0.25, 0.3) is 5.91 Å². The van der Waals surface area contributed by atoms with Crippen molar-refractivity contribution in [2.24, 2.45) is 5.92 Å². The van der Waals surface area contributed by atoms with Crippen molar-refractivity contribution in [1.29, 1.82) is 0 Å². The van der Waals surface area contributed by atoms with Crippen LogP contribution in [0.3, 0.4) is 0 Å². The molecule has 6 heteroatoms. The molecule has 0 aromatic heterocycles. The molecule has 2 aromatic carbocycles. The molecule has 4 rings (SSSR count). The number of para-hydroxylation sites is 1. The molecule has 1 unspecified atom stereocenters. The van der Waals surface area contributed by atoms with E-state index >= 15 is 0 Å². The van der Waals surface area contributed by atoms with Crippen molar-refractivity contribution in [3.05, 3.63) is 65.5 Å². The van der Waals surface area contributed by atoms with Gasteiger partial charge >= 0.3 is 0 Å². The number of carbonyl (C=O) groups excluding carboxylic acids is 2. The largest absolute Gasteiger partial charge is 0.492 e. The lowest BCUT2D eigenvalue weighted by molar-refractivity contribution is 0.0931. The predicted molar refractivity (Wildman–Crippen MR) is 122 cm³/mol. The van der Waals surface area contributed by atoms with E-state index in [-0.39, 0.29) is 17.5 Å². The fourth-order valence-corrected chi connectivity index (χ4v) is 4.21. The molecule has 170 valence electrons. The average Bonchev–Trinajstić information content (AvgIpc) is 3.62. The minimum absolute atomic E-state index is 0.0563. The second-order valence-corrected chi connectivity index (χ2v) is 8.90. The number of benzene rings is 2. The van der Waals surface area contributed by atoms with Crippen molar-refractivity contribution in [3.63, 3.8) is 0 Å². The number of hydrogen-bond donors (Lipinski definition) is 1. The first kappa shape index (κ1) is 22.5. The summed E-state index contributed by atoms with van der Waals surface area (Å²) in [5.74, 6) is 0.722. The van der Waals surface area contributed by atoms with Crippen molar-refractivity contribution < 1.29 is 18.7 Å². The lowest BCUT2D eigenvalue weighted by Crippen LogP contribution is -2.38. The molecular weight excluding hydrogens is 407 g/mol. The zero-order valence-corrected chi connectivity index (χ0v) is 18.4. The van der Waals surface area contributed by atoms with E-state index in [2.05, 4.69) is 10.2 Å². The lowest BCUT2D eigenvalue weighted by atomic mass is 9.98. The number of nitrogens with one attached hydrogen (secondary N) is 1. The van der Waals surface area contributed by atoms with Crippen molar-refractivity contribution in [2.45, 2.75) is 44.6 Å². The Balaban J connectivity index is 1.22. The molecular formula is C26H31FN2O3. The summed E-state index contributed by atoms with van der Waals surface area (Å²) >= 11 is 0. The maximum atomic E-state index is 13.0. The van der Waals surface area contributed by atoms with E-state index in [1.807, 2.05) is 24.3 Å². The first-order chi connectivity index (χ1) is 15.6. The number of rotatable bonds is 10. The van der Waals surface area contributed by atoms with Crippen LogP contribution in [-0.2, 0) is 0 Å². The minimum atomic E-state index is -0.325. The molecule has 1 heterocycles. The van der Waals surface area contributed by atoms with Gasteiger partial charge in [-0.15, -0.1) is 0 Å². The Morgan fingerprint density at radius 2 is 1.84 bits per heavy atom. The Morgan fingerprint density at radius 3 is 2.62 bits per heavy atom. The van der Waals surface area contributed by atoms with Crippen molar-refractivity contribution in [2.75, 3.05) is 26.2 Å². The second-order valence-electron chi connectivity index (χ2n) is 8.90. The van der Waals surface area contributed by atoms with Gasteiger partial charge in [-0.2, -0.15) is 0 Å². The smallest absolute Gasteiger partial charge is 0.255 e. The number of halogens is 1. The van der Waals surface area contributed by atoms with E-state index in [0.717, 1.165) is 51.7 Å². The highest BCUT2D eigenvalue weighted by Gasteiger charge is 2.26. The van der Waals surface area contributed by atoms with Crippen LogP contribution in [0.4, 0.5) is 4.39 Å². The lowest BCUT2D eigenvalue weighted by Gasteiger charge is -2.32. The van der Waals surface area contributed by atoms with Gasteiger partial charge in [-0.3, -0.25) is 9.59 Å². The standard InChI is InChI=1S/C26H31FN2O3/c27-21-11-9-20(10-12-21)24(30)7-4-16-29-15-3-5-19(17-29)18-32-25-8-2-1-6-23(25)26(31)28-22-13-14-22/h1-2,6,8-12,19,22H,3-5,7,13-18H2,(H,28,31). The van der Waals surface area contributed by atoms with E-state index in [0.29, 0.717) is 41.9 Å². The molecule has 1 saturated carbocycles. The fraction of sp³-hybridized carbons (Fsp3) is 0.462. The first-order valence-corrected chi connectivity index (χ1v) is 11.6. The van der Waals surface area contributed by atoms with Gasteiger partial charge in [0.05, 0.1) is 12.2 Å². The van der Waals surface area contributed by atoms with E-state index in [4.69, 9.17) is 4.74 Å². The highest BCUT2D eigenvalue weighted by atomic mass is 19.1. The molecule has 1 aliphatic heterocycles. The van der Waals surface area contributed by atoms with Gasteiger partial charge in [0.2, 0.25) is 0 Å². The summed E-state index contributed by atoms with van der Waals surface area (Å²) in [6, 6.07) is 13.5. The first-order valence-electron chi connectivity index (χ1n) is 11.6. The molecule has 32 heavy (non-hydrogen) atoms. The number of nitrogens with zero attached hydrogens (tertiary/aromatic N) is 1. The SMILES string of the molecule is O=C(CCCN1CCCC(COc2ccccc2C(=O)NC2CC2)C1)c1ccc(F)cc1. The zero-order valence-electron chi connectivity index (χ0n) is 18.4. The van der Waals surface area contributed by atoms with Crippen LogP contribution in [0, 0.1) is 11.7 Å². The predicted octanol–water partition coefficient (Wildman–Crippen LogP) is 4.47. The topological polar surface area (TPSA) is 58.6 Å². The van der Waals surface area contributed by atoms with Crippen LogP contribution in [0.1, 0.15) is 59.2 Å². The fourth-order valence-electron chi connectivity index (χ4n) is 4.21. The summed E-state index contributed by atoms with van der Waals surface area (Å²) in [5, 5.41) is 3.03. The number of carbonyl (C=O) groups is 2. The van der Waals surface area contributed by atoms with Crippen LogP contribution in [0.25, 0.3) is 0 Å². The maximum Gasteiger partial charge on any atom is 0.255 e. The monoisotopic (exact) mass is 438 g/mol. The highest BCUT2D eigenvalue weighted by Crippen LogP contribution is 2.24. The molecule has 2 aromatic rings. The molecule has 0 bridgehead atoms. The molecule has 1 amide bonds. The number of amides is 1. The number of ketones is 1. The van der Waals surface area contributed by atoms with Gasteiger partial charge < -0.3 is 15.0 Å². The summed E-state index contributed by atoms with van der Waals surface area (Å²) in [6.45, 7) is 3.41. The molecule has 1 atom stereocenters. The highest BCUT2D eigenvalue weighted by molar-refractivity contribution is 5.97. The van der Waals surface area contributed by atoms with Crippen molar-refractivity contribution in [3.8, 4) is 5.75 Å². The summed E-state index contributed by atoms with van der Waals surface area (Å²) in [5.41, 5.74) is 1.17. The third-order valence-electron chi connectivity index (χ3n) is 6.17. The van der Waals surface area contributed by atoms with E-state index in [1.165, 1.54) is 12.1 Å². The van der Waals surface area contributed by atoms with Gasteiger partial charge in [-0.25, -0.2) is 4.39 Å². The van der Waals surface area contributed by atoms with Gasteiger partial charge in [0.15, 0.2) is 5.78 Å². The van der Waals surface area contributed by atoms with Crippen molar-refractivity contribution in [1.82, 2.24) is 10.2 Å². The van der Waals surface area contributed by atoms with Gasteiger partial charge in [0, 0.05) is 30.5 Å². The number of ether oxygens (including phenoxy) is 1. The molecule has 2 aliphatic rings. The summed E-state index contributed by atoms with van der Waals surface area (Å²) in [7, 11) is 0. The number of Topliss-reactive ketones (excluding diaryl/α,β-unsaturated/α-hetero) is 1. The van der Waals surface area contributed by atoms with Gasteiger partial charge in [0.1, 0.15) is 11.6 Å². The van der Waals surface area contributed by atoms with Crippen LogP contribution >= 0.6 is 0 Å². The van der Waals surface area contributed by atoms with Crippen LogP contribution < -0.4 is 10.1 Å². The summed E-state index contributed by atoms with van der Waals surface area (Å²) in [4.78, 5) is 27.1. The molecule has 1 saturated heterocycles. The van der Waals surface area contributed by atoms with E-state index in [9.17, 15) is 14.0 Å². The molecule has 0 radical (unpaired) electrons. The maximum absolute atomic E-state index is 13.0. The third kappa shape index (κ3) is 6.39. The molecule has 2 fully saturated rings. The summed E-state index contributed by atoms with van der Waals surface area (Å²) in [6.07, 6.45) is 5.57. The van der Waals surface area contributed by atoms with Crippen molar-refractivity contribution >= 4 is 11.7 Å². The Labute approximate surface area is 188 Å². The van der Waals surface area contributed by atoms with Crippen LogP contribution in [-0.4, -0.2) is 48.9 Å². The molecule has 1 N–H and O–H groups in total. The number of piperidine rings is 1. The third-order valence-corrected chi connectivity index (χ3v) is 6.17. The van der Waals surface area contributed by atoms with E-state index < -0.39 is 0 Å². The number of likely N-dealkylation sites (tertiary alicyclic amines) is 1. The van der Waals surface area contributed by atoms with Crippen LogP contribution in [0.5, 0.6) is 5.75 Å². The molecule has 0 spiro atoms. The molecule has 5 nitrogen and oxygen atoms in total. The van der Waals surface area contributed by atoms with Gasteiger partial charge in [-0.1, -0.05) is 12.1 Å². The Bertz CT molecular complexity index is 927. The van der Waals surface area contributed by atoms with E-state index in [1.54, 1.807) is 12.1 Å². The quantitative estimate of drug-likeness (QED) is 0.556. The Hall–Kier alpha value is -2.73. The second kappa shape index (κ2) is 10.7. The summed E-state index contributed by atoms with van der Waals surface area (Å²) < 4.78 is 19.1. The zero-order chi connectivity index (χ0) is 22.3. The molecule has 1 aliphatic carbocycles. The number of hydrogen-bond acceptors (Lipinski definition) is 4. The normalized spacial score (nSPS) is 18.8. The van der Waals surface area contributed by atoms with Gasteiger partial charge in [-0.05, 0) is 81.6 Å². The van der Waals surface area contributed by atoms with Crippen LogP contribution in [0.15, 0.2) is 48.5 Å².